The molecule has 0 radical (unpaired) electrons. The van der Waals surface area contributed by atoms with Gasteiger partial charge in [0.1, 0.15) is 5.60 Å². The Morgan fingerprint density at radius 2 is 2.44 bits per heavy atom. The van der Waals surface area contributed by atoms with Gasteiger partial charge >= 0.3 is 5.97 Å². The van der Waals surface area contributed by atoms with Crippen LogP contribution >= 0.6 is 0 Å². The molecule has 0 bridgehead atoms. The van der Waals surface area contributed by atoms with E-state index in [1.807, 2.05) is 13.8 Å². The van der Waals surface area contributed by atoms with Crippen LogP contribution in [0.4, 0.5) is 0 Å². The molecule has 1 atom stereocenters. The van der Waals surface area contributed by atoms with E-state index >= 15 is 0 Å². The molecule has 2 heteroatoms. The molecule has 1 unspecified atom stereocenters. The summed E-state index contributed by atoms with van der Waals surface area (Å²) in [4.78, 5) is 10.6. The predicted octanol–water partition coefficient (Wildman–Crippen LogP) is 1.49. The van der Waals surface area contributed by atoms with Crippen molar-refractivity contribution in [2.45, 2.75) is 38.7 Å². The molecule has 0 aromatic heterocycles. The molecule has 1 aliphatic heterocycles. The van der Waals surface area contributed by atoms with Crippen molar-refractivity contribution in [2.75, 3.05) is 0 Å². The van der Waals surface area contributed by atoms with Gasteiger partial charge in [0, 0.05) is 6.42 Å². The molecule has 0 spiro atoms. The van der Waals surface area contributed by atoms with Gasteiger partial charge in [-0.1, -0.05) is 6.92 Å². The molecule has 0 aromatic carbocycles. The lowest BCUT2D eigenvalue weighted by molar-refractivity contribution is -0.147. The minimum Gasteiger partial charge on any atom is -0.459 e. The number of rotatable bonds is 1. The summed E-state index contributed by atoms with van der Waals surface area (Å²) < 4.78 is 5.06. The van der Waals surface area contributed by atoms with E-state index in [0.717, 1.165) is 12.8 Å². The van der Waals surface area contributed by atoms with E-state index in [1.54, 1.807) is 0 Å². The van der Waals surface area contributed by atoms with Crippen LogP contribution in [0.3, 0.4) is 0 Å². The zero-order valence-electron chi connectivity index (χ0n) is 5.94. The van der Waals surface area contributed by atoms with E-state index in [2.05, 4.69) is 0 Å². The summed E-state index contributed by atoms with van der Waals surface area (Å²) in [5, 5.41) is 0. The number of hydrogen-bond acceptors (Lipinski definition) is 2. The second-order valence-corrected chi connectivity index (χ2v) is 2.78. The van der Waals surface area contributed by atoms with Crippen LogP contribution in [0.2, 0.25) is 0 Å². The second kappa shape index (κ2) is 2.01. The molecule has 9 heavy (non-hydrogen) atoms. The highest BCUT2D eigenvalue weighted by Gasteiger charge is 2.33. The lowest BCUT2D eigenvalue weighted by atomic mass is 10.0. The topological polar surface area (TPSA) is 26.3 Å². The molecule has 0 saturated carbocycles. The smallest absolute Gasteiger partial charge is 0.306 e. The molecule has 52 valence electrons. The average Bonchev–Trinajstić information content (AvgIpc) is 2.13. The fourth-order valence-corrected chi connectivity index (χ4v) is 0.992. The SMILES string of the molecule is CCC1(C)CCC(=O)O1. The first-order valence-electron chi connectivity index (χ1n) is 3.38. The van der Waals surface area contributed by atoms with Crippen molar-refractivity contribution in [3.63, 3.8) is 0 Å². The minimum absolute atomic E-state index is 0.0423. The normalized spacial score (nSPS) is 34.7. The molecule has 1 fully saturated rings. The monoisotopic (exact) mass is 128 g/mol. The van der Waals surface area contributed by atoms with Gasteiger partial charge in [-0.3, -0.25) is 4.79 Å². The summed E-state index contributed by atoms with van der Waals surface area (Å²) in [5.74, 6) is -0.0423. The second-order valence-electron chi connectivity index (χ2n) is 2.78. The quantitative estimate of drug-likeness (QED) is 0.500. The summed E-state index contributed by atoms with van der Waals surface area (Å²) in [5.41, 5.74) is -0.142. The maximum absolute atomic E-state index is 10.6. The Morgan fingerprint density at radius 1 is 1.78 bits per heavy atom. The van der Waals surface area contributed by atoms with Gasteiger partial charge in [0.15, 0.2) is 0 Å². The summed E-state index contributed by atoms with van der Waals surface area (Å²) in [7, 11) is 0. The van der Waals surface area contributed by atoms with Crippen molar-refractivity contribution >= 4 is 5.97 Å². The van der Waals surface area contributed by atoms with E-state index in [4.69, 9.17) is 4.74 Å². The van der Waals surface area contributed by atoms with Gasteiger partial charge in [-0.25, -0.2) is 0 Å². The fraction of sp³-hybridized carbons (Fsp3) is 0.857. The Balaban J connectivity index is 2.54. The zero-order chi connectivity index (χ0) is 6.91. The number of carbonyl (C=O) groups is 1. The molecule has 1 saturated heterocycles. The largest absolute Gasteiger partial charge is 0.459 e. The van der Waals surface area contributed by atoms with Gasteiger partial charge < -0.3 is 4.74 Å². The highest BCUT2D eigenvalue weighted by molar-refractivity contribution is 5.72. The molecule has 0 aromatic rings. The molecule has 1 aliphatic rings. The van der Waals surface area contributed by atoms with Crippen molar-refractivity contribution in [1.29, 1.82) is 0 Å². The number of carbonyl (C=O) groups excluding carboxylic acids is 1. The average molecular weight is 128 g/mol. The molecule has 0 aliphatic carbocycles. The van der Waals surface area contributed by atoms with Crippen molar-refractivity contribution in [3.8, 4) is 0 Å². The Morgan fingerprint density at radius 3 is 2.67 bits per heavy atom. The van der Waals surface area contributed by atoms with E-state index in [1.165, 1.54) is 0 Å². The number of cyclic esters (lactones) is 1. The Labute approximate surface area is 55.2 Å². The fourth-order valence-electron chi connectivity index (χ4n) is 0.992. The van der Waals surface area contributed by atoms with Crippen LogP contribution in [-0.2, 0) is 9.53 Å². The number of ether oxygens (including phenoxy) is 1. The molecule has 1 rings (SSSR count). The Hall–Kier alpha value is -0.530. The van der Waals surface area contributed by atoms with Crippen LogP contribution in [0.1, 0.15) is 33.1 Å². The Bertz CT molecular complexity index is 131. The molecular weight excluding hydrogens is 116 g/mol. The highest BCUT2D eigenvalue weighted by Crippen LogP contribution is 2.28. The standard InChI is InChI=1S/C7H12O2/c1-3-7(2)5-4-6(8)9-7/h3-5H2,1-2H3. The van der Waals surface area contributed by atoms with Crippen LogP contribution in [0.25, 0.3) is 0 Å². The van der Waals surface area contributed by atoms with Crippen LogP contribution in [-0.4, -0.2) is 11.6 Å². The van der Waals surface area contributed by atoms with Gasteiger partial charge in [-0.2, -0.15) is 0 Å². The van der Waals surface area contributed by atoms with Crippen molar-refractivity contribution in [3.05, 3.63) is 0 Å². The lowest BCUT2D eigenvalue weighted by Gasteiger charge is -2.19. The van der Waals surface area contributed by atoms with Crippen molar-refractivity contribution < 1.29 is 9.53 Å². The van der Waals surface area contributed by atoms with Crippen molar-refractivity contribution in [2.24, 2.45) is 0 Å². The maximum atomic E-state index is 10.6. The van der Waals surface area contributed by atoms with Crippen LogP contribution in [0.5, 0.6) is 0 Å². The van der Waals surface area contributed by atoms with E-state index < -0.39 is 0 Å². The summed E-state index contributed by atoms with van der Waals surface area (Å²) in [6.07, 6.45) is 2.42. The van der Waals surface area contributed by atoms with Crippen LogP contribution < -0.4 is 0 Å². The minimum atomic E-state index is -0.142. The molecular formula is C7H12O2. The number of esters is 1. The van der Waals surface area contributed by atoms with E-state index in [9.17, 15) is 4.79 Å². The van der Waals surface area contributed by atoms with Gasteiger partial charge in [-0.05, 0) is 19.8 Å². The molecule has 0 N–H and O–H groups in total. The zero-order valence-corrected chi connectivity index (χ0v) is 5.94. The highest BCUT2D eigenvalue weighted by atomic mass is 16.6. The third-order valence-electron chi connectivity index (χ3n) is 1.97. The first-order valence-corrected chi connectivity index (χ1v) is 3.38. The first-order chi connectivity index (χ1) is 4.16. The van der Waals surface area contributed by atoms with E-state index in [-0.39, 0.29) is 11.6 Å². The molecule has 1 heterocycles. The summed E-state index contributed by atoms with van der Waals surface area (Å²) in [6, 6.07) is 0. The Kier molecular flexibility index (Phi) is 1.47. The summed E-state index contributed by atoms with van der Waals surface area (Å²) >= 11 is 0. The third-order valence-corrected chi connectivity index (χ3v) is 1.97. The first kappa shape index (κ1) is 6.59. The van der Waals surface area contributed by atoms with Crippen molar-refractivity contribution in [1.82, 2.24) is 0 Å². The van der Waals surface area contributed by atoms with Gasteiger partial charge in [0.05, 0.1) is 0 Å². The van der Waals surface area contributed by atoms with E-state index in [0.29, 0.717) is 6.42 Å². The summed E-state index contributed by atoms with van der Waals surface area (Å²) in [6.45, 7) is 4.02. The maximum Gasteiger partial charge on any atom is 0.306 e. The molecule has 0 amide bonds. The number of hydrogen-bond donors (Lipinski definition) is 0. The van der Waals surface area contributed by atoms with Crippen LogP contribution in [0, 0.1) is 0 Å². The molecule has 2 nitrogen and oxygen atoms in total. The van der Waals surface area contributed by atoms with Gasteiger partial charge in [0.2, 0.25) is 0 Å². The third kappa shape index (κ3) is 1.23. The lowest BCUT2D eigenvalue weighted by Crippen LogP contribution is -2.21. The van der Waals surface area contributed by atoms with Crippen LogP contribution in [0.15, 0.2) is 0 Å². The van der Waals surface area contributed by atoms with Gasteiger partial charge in [0.25, 0.3) is 0 Å². The predicted molar refractivity (Wildman–Crippen MR) is 34.0 cm³/mol. The van der Waals surface area contributed by atoms with Gasteiger partial charge in [-0.15, -0.1) is 0 Å².